The van der Waals surface area contributed by atoms with Gasteiger partial charge in [-0.25, -0.2) is 5.01 Å². The summed E-state index contributed by atoms with van der Waals surface area (Å²) in [4.78, 5) is 0. The first-order valence-electron chi connectivity index (χ1n) is 7.38. The van der Waals surface area contributed by atoms with E-state index in [0.717, 1.165) is 12.1 Å². The van der Waals surface area contributed by atoms with Crippen LogP contribution in [0.15, 0.2) is 5.10 Å². The number of rotatable bonds is 0. The normalized spacial score (nSPS) is 41.0. The van der Waals surface area contributed by atoms with Crippen molar-refractivity contribution in [3.63, 3.8) is 0 Å². The van der Waals surface area contributed by atoms with E-state index in [1.807, 2.05) is 6.92 Å². The average Bonchev–Trinajstić information content (AvgIpc) is 2.56. The van der Waals surface area contributed by atoms with Crippen molar-refractivity contribution in [1.82, 2.24) is 10.3 Å². The summed E-state index contributed by atoms with van der Waals surface area (Å²) in [5, 5.41) is 21.2. The van der Waals surface area contributed by atoms with E-state index >= 15 is 0 Å². The summed E-state index contributed by atoms with van der Waals surface area (Å²) in [7, 11) is 0. The third-order valence-electron chi connectivity index (χ3n) is 5.27. The van der Waals surface area contributed by atoms with Crippen LogP contribution in [0.3, 0.4) is 0 Å². The summed E-state index contributed by atoms with van der Waals surface area (Å²) < 4.78 is 0. The highest BCUT2D eigenvalue weighted by molar-refractivity contribution is 7.80. The van der Waals surface area contributed by atoms with Gasteiger partial charge in [0.15, 0.2) is 10.8 Å². The second-order valence-electron chi connectivity index (χ2n) is 8.25. The van der Waals surface area contributed by atoms with Crippen LogP contribution in [0.5, 0.6) is 0 Å². The molecule has 1 aliphatic heterocycles. The summed E-state index contributed by atoms with van der Waals surface area (Å²) in [6.07, 6.45) is 0.766. The highest BCUT2D eigenvalue weighted by atomic mass is 32.1. The fourth-order valence-corrected chi connectivity index (χ4v) is 4.80. The lowest BCUT2D eigenvalue weighted by atomic mass is 9.84. The standard InChI is InChI=1S/C15H25N3OS/c1-8-10-11-9(14(11,5)6)7-15(10,19)18(17-8)12(20)16-13(2,3)4/h9-11,19H,7H2,1-6H3,(H,16,20)/t9-,10+,11-,15-/m1/s1. The second kappa shape index (κ2) is 3.74. The molecule has 4 atom stereocenters. The van der Waals surface area contributed by atoms with E-state index in [4.69, 9.17) is 12.2 Å². The van der Waals surface area contributed by atoms with Gasteiger partial charge in [0.25, 0.3) is 0 Å². The fraction of sp³-hybridized carbons (Fsp3) is 0.867. The molecular weight excluding hydrogens is 270 g/mol. The molecule has 2 fully saturated rings. The zero-order valence-electron chi connectivity index (χ0n) is 13.2. The Morgan fingerprint density at radius 3 is 2.60 bits per heavy atom. The van der Waals surface area contributed by atoms with Crippen LogP contribution < -0.4 is 5.32 Å². The molecule has 5 heteroatoms. The van der Waals surface area contributed by atoms with E-state index in [0.29, 0.717) is 22.4 Å². The minimum Gasteiger partial charge on any atom is -0.368 e. The molecule has 1 heterocycles. The maximum atomic E-state index is 11.1. The molecule has 0 aromatic heterocycles. The molecule has 2 saturated carbocycles. The molecule has 4 nitrogen and oxygen atoms in total. The van der Waals surface area contributed by atoms with Crippen molar-refractivity contribution in [1.29, 1.82) is 0 Å². The van der Waals surface area contributed by atoms with E-state index in [1.54, 1.807) is 5.01 Å². The monoisotopic (exact) mass is 295 g/mol. The van der Waals surface area contributed by atoms with Crippen LogP contribution in [-0.4, -0.2) is 32.2 Å². The maximum absolute atomic E-state index is 11.1. The molecule has 0 aromatic rings. The molecule has 0 amide bonds. The average molecular weight is 295 g/mol. The third-order valence-corrected chi connectivity index (χ3v) is 5.54. The number of thiocarbonyl (C=S) groups is 1. The fourth-order valence-electron chi connectivity index (χ4n) is 4.29. The maximum Gasteiger partial charge on any atom is 0.192 e. The van der Waals surface area contributed by atoms with Gasteiger partial charge in [0, 0.05) is 17.7 Å². The van der Waals surface area contributed by atoms with Gasteiger partial charge in [0.1, 0.15) is 0 Å². The number of hydrogen-bond donors (Lipinski definition) is 2. The smallest absolute Gasteiger partial charge is 0.192 e. The Hall–Kier alpha value is -0.680. The lowest BCUT2D eigenvalue weighted by Gasteiger charge is -2.38. The Morgan fingerprint density at radius 2 is 2.05 bits per heavy atom. The predicted octanol–water partition coefficient (Wildman–Crippen LogP) is 2.33. The van der Waals surface area contributed by atoms with Crippen molar-refractivity contribution in [2.75, 3.05) is 0 Å². The van der Waals surface area contributed by atoms with Gasteiger partial charge in [0.05, 0.1) is 5.92 Å². The number of nitrogens with zero attached hydrogens (tertiary/aromatic N) is 2. The SMILES string of the molecule is CC1=NN(C(=S)NC(C)(C)C)[C@@]2(O)C[C@@H]3[C@H]([C@H]12)C3(C)C. The molecule has 0 unspecified atom stereocenters. The molecule has 3 aliphatic rings. The Bertz CT molecular complexity index is 508. The number of hydrazone groups is 1. The lowest BCUT2D eigenvalue weighted by Crippen LogP contribution is -2.56. The van der Waals surface area contributed by atoms with Crippen LogP contribution in [0, 0.1) is 23.2 Å². The van der Waals surface area contributed by atoms with Gasteiger partial charge in [-0.1, -0.05) is 13.8 Å². The molecule has 0 aromatic carbocycles. The van der Waals surface area contributed by atoms with E-state index in [-0.39, 0.29) is 11.5 Å². The van der Waals surface area contributed by atoms with Crippen molar-refractivity contribution in [3.8, 4) is 0 Å². The predicted molar refractivity (Wildman–Crippen MR) is 84.3 cm³/mol. The molecule has 0 spiro atoms. The first-order valence-corrected chi connectivity index (χ1v) is 7.79. The van der Waals surface area contributed by atoms with Gasteiger partial charge in [-0.3, -0.25) is 0 Å². The van der Waals surface area contributed by atoms with E-state index in [2.05, 4.69) is 45.0 Å². The quantitative estimate of drug-likeness (QED) is 0.673. The lowest BCUT2D eigenvalue weighted by molar-refractivity contribution is -0.0864. The van der Waals surface area contributed by atoms with Crippen LogP contribution in [0.1, 0.15) is 48.0 Å². The van der Waals surface area contributed by atoms with Crippen molar-refractivity contribution in [2.45, 2.75) is 59.2 Å². The Morgan fingerprint density at radius 1 is 1.45 bits per heavy atom. The molecule has 2 aliphatic carbocycles. The van der Waals surface area contributed by atoms with Gasteiger partial charge >= 0.3 is 0 Å². The molecule has 0 bridgehead atoms. The van der Waals surface area contributed by atoms with Crippen molar-refractivity contribution in [2.24, 2.45) is 28.3 Å². The molecule has 0 radical (unpaired) electrons. The number of fused-ring (bicyclic) bond motifs is 3. The molecular formula is C15H25N3OS. The van der Waals surface area contributed by atoms with Crippen molar-refractivity contribution in [3.05, 3.63) is 0 Å². The highest BCUT2D eigenvalue weighted by Gasteiger charge is 2.75. The van der Waals surface area contributed by atoms with Gasteiger partial charge in [-0.15, -0.1) is 0 Å². The minimum atomic E-state index is -0.912. The summed E-state index contributed by atoms with van der Waals surface area (Å²) in [5.74, 6) is 1.25. The second-order valence-corrected chi connectivity index (χ2v) is 8.63. The summed E-state index contributed by atoms with van der Waals surface area (Å²) in [6.45, 7) is 12.8. The number of nitrogens with one attached hydrogen (secondary N) is 1. The van der Waals surface area contributed by atoms with E-state index in [9.17, 15) is 5.11 Å². The first-order chi connectivity index (χ1) is 8.98. The molecule has 0 saturated heterocycles. The number of aliphatic hydroxyl groups is 1. The Kier molecular flexibility index (Phi) is 2.67. The molecule has 20 heavy (non-hydrogen) atoms. The van der Waals surface area contributed by atoms with Crippen LogP contribution in [0.4, 0.5) is 0 Å². The van der Waals surface area contributed by atoms with Crippen LogP contribution in [-0.2, 0) is 0 Å². The summed E-state index contributed by atoms with van der Waals surface area (Å²) in [6, 6.07) is 0. The van der Waals surface area contributed by atoms with Gasteiger partial charge in [0.2, 0.25) is 0 Å². The van der Waals surface area contributed by atoms with Crippen LogP contribution >= 0.6 is 12.2 Å². The van der Waals surface area contributed by atoms with Crippen LogP contribution in [0.25, 0.3) is 0 Å². The van der Waals surface area contributed by atoms with Gasteiger partial charge in [-0.05, 0) is 57.2 Å². The molecule has 3 rings (SSSR count). The summed E-state index contributed by atoms with van der Waals surface area (Å²) >= 11 is 5.47. The zero-order valence-corrected chi connectivity index (χ0v) is 14.0. The van der Waals surface area contributed by atoms with Gasteiger partial charge in [-0.2, -0.15) is 5.10 Å². The Labute approximate surface area is 126 Å². The Balaban J connectivity index is 1.85. The third kappa shape index (κ3) is 1.75. The highest BCUT2D eigenvalue weighted by Crippen LogP contribution is 2.73. The summed E-state index contributed by atoms with van der Waals surface area (Å²) in [5.41, 5.74) is 0.312. The molecule has 112 valence electrons. The largest absolute Gasteiger partial charge is 0.368 e. The topological polar surface area (TPSA) is 47.9 Å². The zero-order chi connectivity index (χ0) is 15.1. The number of hydrogen-bond acceptors (Lipinski definition) is 3. The van der Waals surface area contributed by atoms with E-state index in [1.165, 1.54) is 0 Å². The van der Waals surface area contributed by atoms with Crippen molar-refractivity contribution < 1.29 is 5.11 Å². The molecule has 2 N–H and O–H groups in total. The van der Waals surface area contributed by atoms with E-state index < -0.39 is 5.72 Å². The van der Waals surface area contributed by atoms with Gasteiger partial charge < -0.3 is 10.4 Å². The van der Waals surface area contributed by atoms with Crippen LogP contribution in [0.2, 0.25) is 0 Å². The van der Waals surface area contributed by atoms with Crippen molar-refractivity contribution >= 4 is 23.0 Å². The first kappa shape index (κ1) is 14.3. The minimum absolute atomic E-state index is 0.127.